The second-order valence-electron chi connectivity index (χ2n) is 6.52. The largest absolute Gasteiger partial charge is 0.496 e. The van der Waals surface area contributed by atoms with Crippen molar-refractivity contribution in [3.05, 3.63) is 65.1 Å². The normalized spacial score (nSPS) is 14.4. The molecule has 1 aliphatic rings. The van der Waals surface area contributed by atoms with E-state index in [1.54, 1.807) is 58.0 Å². The van der Waals surface area contributed by atoms with Crippen LogP contribution >= 0.6 is 11.6 Å². The van der Waals surface area contributed by atoms with Gasteiger partial charge in [-0.1, -0.05) is 23.7 Å². The van der Waals surface area contributed by atoms with Gasteiger partial charge in [-0.3, -0.25) is 9.59 Å². The van der Waals surface area contributed by atoms with Gasteiger partial charge in [0.2, 0.25) is 0 Å². The number of carbonyl (C=O) groups is 2. The molecule has 0 saturated carbocycles. The predicted octanol–water partition coefficient (Wildman–Crippen LogP) is 2.59. The summed E-state index contributed by atoms with van der Waals surface area (Å²) in [7, 11) is 1.55. The van der Waals surface area contributed by atoms with Crippen molar-refractivity contribution in [2.75, 3.05) is 33.3 Å². The second-order valence-corrected chi connectivity index (χ2v) is 6.96. The van der Waals surface area contributed by atoms with Crippen molar-refractivity contribution in [1.29, 1.82) is 0 Å². The molecule has 1 fully saturated rings. The lowest BCUT2D eigenvalue weighted by molar-refractivity contribution is 0.0531. The molecule has 8 heteroatoms. The highest BCUT2D eigenvalue weighted by molar-refractivity contribution is 6.30. The molecular formula is C20H19ClN4O3. The number of fused-ring (bicyclic) bond motifs is 1. The summed E-state index contributed by atoms with van der Waals surface area (Å²) < 4.78 is 7.01. The van der Waals surface area contributed by atoms with E-state index in [-0.39, 0.29) is 11.8 Å². The van der Waals surface area contributed by atoms with Gasteiger partial charge in [-0.25, -0.2) is 4.98 Å². The van der Waals surface area contributed by atoms with Crippen LogP contribution in [0.15, 0.2) is 48.8 Å². The molecule has 4 rings (SSSR count). The Labute approximate surface area is 167 Å². The monoisotopic (exact) mass is 398 g/mol. The van der Waals surface area contributed by atoms with Crippen LogP contribution in [-0.4, -0.2) is 64.3 Å². The number of hydrogen-bond acceptors (Lipinski definition) is 4. The number of amides is 2. The van der Waals surface area contributed by atoms with Crippen LogP contribution in [0.1, 0.15) is 20.8 Å². The maximum Gasteiger partial charge on any atom is 0.274 e. The number of pyridine rings is 1. The highest BCUT2D eigenvalue weighted by atomic mass is 35.5. The Morgan fingerprint density at radius 3 is 2.36 bits per heavy atom. The maximum atomic E-state index is 12.8. The quantitative estimate of drug-likeness (QED) is 0.680. The summed E-state index contributed by atoms with van der Waals surface area (Å²) in [4.78, 5) is 33.4. The number of aromatic nitrogens is 2. The van der Waals surface area contributed by atoms with E-state index in [1.807, 2.05) is 12.1 Å². The molecule has 1 aliphatic heterocycles. The number of carbonyl (C=O) groups excluding carboxylic acids is 2. The molecule has 7 nitrogen and oxygen atoms in total. The van der Waals surface area contributed by atoms with Crippen LogP contribution in [0.4, 0.5) is 0 Å². The molecule has 0 atom stereocenters. The van der Waals surface area contributed by atoms with Crippen molar-refractivity contribution in [1.82, 2.24) is 19.2 Å². The van der Waals surface area contributed by atoms with Gasteiger partial charge in [0.25, 0.3) is 11.8 Å². The molecule has 0 spiro atoms. The molecule has 2 aromatic heterocycles. The standard InChI is InChI=1S/C20H19ClN4O3/c1-28-17-5-3-2-4-15(17)19(26)23-8-10-24(11-9-23)20(27)16-13-25-12-14(21)6-7-18(25)22-16/h2-7,12-13H,8-11H2,1H3. The van der Waals surface area contributed by atoms with Crippen LogP contribution in [0, 0.1) is 0 Å². The number of halogens is 1. The number of nitrogens with zero attached hydrogens (tertiary/aromatic N) is 4. The summed E-state index contributed by atoms with van der Waals surface area (Å²) in [5, 5.41) is 0.576. The molecule has 2 amide bonds. The van der Waals surface area contributed by atoms with Crippen LogP contribution in [-0.2, 0) is 0 Å². The smallest absolute Gasteiger partial charge is 0.274 e. The number of benzene rings is 1. The summed E-state index contributed by atoms with van der Waals surface area (Å²) in [6, 6.07) is 10.7. The molecular weight excluding hydrogens is 380 g/mol. The van der Waals surface area contributed by atoms with E-state index < -0.39 is 0 Å². The number of ether oxygens (including phenoxy) is 1. The van der Waals surface area contributed by atoms with Gasteiger partial charge < -0.3 is 18.9 Å². The highest BCUT2D eigenvalue weighted by Gasteiger charge is 2.27. The second kappa shape index (κ2) is 7.52. The van der Waals surface area contributed by atoms with E-state index in [2.05, 4.69) is 4.98 Å². The number of hydrogen-bond donors (Lipinski definition) is 0. The summed E-state index contributed by atoms with van der Waals surface area (Å²) in [5.74, 6) is 0.311. The topological polar surface area (TPSA) is 67.2 Å². The Kier molecular flexibility index (Phi) is 4.92. The average molecular weight is 399 g/mol. The minimum Gasteiger partial charge on any atom is -0.496 e. The van der Waals surface area contributed by atoms with Crippen molar-refractivity contribution >= 4 is 29.1 Å². The third kappa shape index (κ3) is 3.41. The minimum atomic E-state index is -0.149. The van der Waals surface area contributed by atoms with Crippen LogP contribution < -0.4 is 4.74 Å². The van der Waals surface area contributed by atoms with E-state index in [0.29, 0.717) is 53.9 Å². The average Bonchev–Trinajstić information content (AvgIpc) is 3.16. The zero-order valence-corrected chi connectivity index (χ0v) is 16.1. The SMILES string of the molecule is COc1ccccc1C(=O)N1CCN(C(=O)c2cn3cc(Cl)ccc3n2)CC1. The van der Waals surface area contributed by atoms with Crippen LogP contribution in [0.5, 0.6) is 5.75 Å². The first-order valence-electron chi connectivity index (χ1n) is 8.92. The van der Waals surface area contributed by atoms with Gasteiger partial charge in [-0.05, 0) is 24.3 Å². The Hall–Kier alpha value is -3.06. The highest BCUT2D eigenvalue weighted by Crippen LogP contribution is 2.20. The molecule has 3 aromatic rings. The zero-order chi connectivity index (χ0) is 19.7. The van der Waals surface area contributed by atoms with Gasteiger partial charge in [0.15, 0.2) is 0 Å². The maximum absolute atomic E-state index is 12.8. The summed E-state index contributed by atoms with van der Waals surface area (Å²) in [6.45, 7) is 1.83. The molecule has 3 heterocycles. The van der Waals surface area contributed by atoms with Gasteiger partial charge in [0.05, 0.1) is 17.7 Å². The first-order valence-corrected chi connectivity index (χ1v) is 9.30. The number of piperazine rings is 1. The molecule has 0 N–H and O–H groups in total. The van der Waals surface area contributed by atoms with E-state index >= 15 is 0 Å². The van der Waals surface area contributed by atoms with Crippen LogP contribution in [0.25, 0.3) is 5.65 Å². The molecule has 144 valence electrons. The summed E-state index contributed by atoms with van der Waals surface area (Å²) in [5.41, 5.74) is 1.56. The molecule has 0 radical (unpaired) electrons. The molecule has 0 bridgehead atoms. The Morgan fingerprint density at radius 1 is 0.964 bits per heavy atom. The summed E-state index contributed by atoms with van der Waals surface area (Å²) >= 11 is 5.98. The van der Waals surface area contributed by atoms with E-state index in [0.717, 1.165) is 0 Å². The first-order chi connectivity index (χ1) is 13.6. The molecule has 0 unspecified atom stereocenters. The van der Waals surface area contributed by atoms with Gasteiger partial charge in [-0.2, -0.15) is 0 Å². The van der Waals surface area contributed by atoms with E-state index in [4.69, 9.17) is 16.3 Å². The van der Waals surface area contributed by atoms with Gasteiger partial charge >= 0.3 is 0 Å². The number of para-hydroxylation sites is 1. The third-order valence-electron chi connectivity index (χ3n) is 4.83. The fourth-order valence-electron chi connectivity index (χ4n) is 3.33. The first kappa shape index (κ1) is 18.3. The fraction of sp³-hybridized carbons (Fsp3) is 0.250. The molecule has 1 saturated heterocycles. The van der Waals surface area contributed by atoms with Crippen molar-refractivity contribution < 1.29 is 14.3 Å². The lowest BCUT2D eigenvalue weighted by Gasteiger charge is -2.34. The third-order valence-corrected chi connectivity index (χ3v) is 5.05. The summed E-state index contributed by atoms with van der Waals surface area (Å²) in [6.07, 6.45) is 3.39. The lowest BCUT2D eigenvalue weighted by atomic mass is 10.1. The van der Waals surface area contributed by atoms with Gasteiger partial charge in [0, 0.05) is 38.6 Å². The van der Waals surface area contributed by atoms with Gasteiger partial charge in [-0.15, -0.1) is 0 Å². The van der Waals surface area contributed by atoms with Crippen molar-refractivity contribution in [2.24, 2.45) is 0 Å². The number of imidazole rings is 1. The number of rotatable bonds is 3. The Bertz CT molecular complexity index is 1040. The van der Waals surface area contributed by atoms with Crippen molar-refractivity contribution in [3.8, 4) is 5.75 Å². The van der Waals surface area contributed by atoms with E-state index in [1.165, 1.54) is 0 Å². The van der Waals surface area contributed by atoms with Gasteiger partial charge in [0.1, 0.15) is 17.1 Å². The Morgan fingerprint density at radius 2 is 1.64 bits per heavy atom. The predicted molar refractivity (Wildman–Crippen MR) is 105 cm³/mol. The molecule has 1 aromatic carbocycles. The van der Waals surface area contributed by atoms with Crippen LogP contribution in [0.2, 0.25) is 5.02 Å². The van der Waals surface area contributed by atoms with Crippen molar-refractivity contribution in [2.45, 2.75) is 0 Å². The Balaban J connectivity index is 1.44. The van der Waals surface area contributed by atoms with Crippen molar-refractivity contribution in [3.63, 3.8) is 0 Å². The minimum absolute atomic E-state index is 0.0908. The van der Waals surface area contributed by atoms with Crippen LogP contribution in [0.3, 0.4) is 0 Å². The molecule has 28 heavy (non-hydrogen) atoms. The lowest BCUT2D eigenvalue weighted by Crippen LogP contribution is -2.50. The fourth-order valence-corrected chi connectivity index (χ4v) is 3.50. The molecule has 0 aliphatic carbocycles. The number of methoxy groups -OCH3 is 1. The van der Waals surface area contributed by atoms with E-state index in [9.17, 15) is 9.59 Å². The zero-order valence-electron chi connectivity index (χ0n) is 15.3.